The Morgan fingerprint density at radius 1 is 1.26 bits per heavy atom. The molecule has 1 aliphatic heterocycles. The van der Waals surface area contributed by atoms with E-state index in [9.17, 15) is 13.2 Å². The van der Waals surface area contributed by atoms with Gasteiger partial charge in [-0.25, -0.2) is 0 Å². The molecule has 19 heavy (non-hydrogen) atoms. The van der Waals surface area contributed by atoms with Crippen LogP contribution in [-0.4, -0.2) is 47.7 Å². The van der Waals surface area contributed by atoms with Gasteiger partial charge >= 0.3 is 5.97 Å². The predicted molar refractivity (Wildman–Crippen MR) is 70.0 cm³/mol. The van der Waals surface area contributed by atoms with Crippen LogP contribution < -0.4 is 0 Å². The molecule has 0 saturated carbocycles. The third-order valence-corrected chi connectivity index (χ3v) is 5.16. The molecule has 0 spiro atoms. The fourth-order valence-electron chi connectivity index (χ4n) is 1.91. The Labute approximate surface area is 116 Å². The van der Waals surface area contributed by atoms with Crippen LogP contribution >= 0.6 is 11.6 Å². The molecule has 0 atom stereocenters. The first-order valence-corrected chi connectivity index (χ1v) is 7.39. The second-order valence-corrected chi connectivity index (χ2v) is 6.50. The van der Waals surface area contributed by atoms with Crippen LogP contribution in [0, 0.1) is 0 Å². The van der Waals surface area contributed by atoms with E-state index in [4.69, 9.17) is 16.7 Å². The van der Waals surface area contributed by atoms with Crippen LogP contribution in [0.1, 0.15) is 5.56 Å². The van der Waals surface area contributed by atoms with Gasteiger partial charge in [0.25, 0.3) is 10.2 Å². The summed E-state index contributed by atoms with van der Waals surface area (Å²) < 4.78 is 26.4. The number of hydrogen-bond acceptors (Lipinski definition) is 3. The summed E-state index contributed by atoms with van der Waals surface area (Å²) >= 11 is 5.99. The van der Waals surface area contributed by atoms with Crippen molar-refractivity contribution in [1.82, 2.24) is 8.61 Å². The Kier molecular flexibility index (Phi) is 4.10. The maximum absolute atomic E-state index is 12.1. The first-order valence-electron chi connectivity index (χ1n) is 5.61. The summed E-state index contributed by atoms with van der Waals surface area (Å²) in [7, 11) is -3.71. The van der Waals surface area contributed by atoms with Crippen molar-refractivity contribution in [2.75, 3.05) is 19.6 Å². The molecule has 0 unspecified atom stereocenters. The predicted octanol–water partition coefficient (Wildman–Crippen LogP) is 0.787. The summed E-state index contributed by atoms with van der Waals surface area (Å²) in [5.41, 5.74) is 0.699. The van der Waals surface area contributed by atoms with Crippen LogP contribution in [0.25, 0.3) is 0 Å². The van der Waals surface area contributed by atoms with Crippen LogP contribution in [0.5, 0.6) is 0 Å². The molecular formula is C11H13ClN2O4S. The average Bonchev–Trinajstić information content (AvgIpc) is 2.58. The zero-order chi connectivity index (χ0) is 14.0. The average molecular weight is 305 g/mol. The highest BCUT2D eigenvalue weighted by Crippen LogP contribution is 2.23. The molecule has 0 bridgehead atoms. The summed E-state index contributed by atoms with van der Waals surface area (Å²) in [5.74, 6) is -1.16. The van der Waals surface area contributed by atoms with E-state index in [1.54, 1.807) is 24.3 Å². The number of carboxylic acids is 1. The van der Waals surface area contributed by atoms with Gasteiger partial charge in [0.2, 0.25) is 0 Å². The minimum absolute atomic E-state index is 0.151. The Bertz CT molecular complexity index is 590. The maximum Gasteiger partial charge on any atom is 0.318 e. The number of aliphatic carboxylic acids is 1. The fourth-order valence-corrected chi connectivity index (χ4v) is 3.63. The van der Waals surface area contributed by atoms with E-state index in [-0.39, 0.29) is 19.6 Å². The van der Waals surface area contributed by atoms with Crippen molar-refractivity contribution in [3.63, 3.8) is 0 Å². The van der Waals surface area contributed by atoms with Gasteiger partial charge in [-0.3, -0.25) is 4.79 Å². The molecule has 0 aliphatic carbocycles. The zero-order valence-corrected chi connectivity index (χ0v) is 11.6. The Morgan fingerprint density at radius 2 is 1.89 bits per heavy atom. The van der Waals surface area contributed by atoms with E-state index in [1.807, 2.05) is 0 Å². The van der Waals surface area contributed by atoms with Crippen LogP contribution in [0.3, 0.4) is 0 Å². The van der Waals surface area contributed by atoms with E-state index < -0.39 is 22.7 Å². The van der Waals surface area contributed by atoms with Crippen molar-refractivity contribution in [2.45, 2.75) is 6.54 Å². The summed E-state index contributed by atoms with van der Waals surface area (Å²) in [4.78, 5) is 10.6. The van der Waals surface area contributed by atoms with E-state index in [0.717, 1.165) is 4.31 Å². The lowest BCUT2D eigenvalue weighted by Crippen LogP contribution is -2.35. The summed E-state index contributed by atoms with van der Waals surface area (Å²) in [5, 5.41) is 9.18. The second kappa shape index (κ2) is 5.46. The Balaban J connectivity index is 2.15. The molecule has 0 radical (unpaired) electrons. The van der Waals surface area contributed by atoms with Gasteiger partial charge < -0.3 is 5.11 Å². The molecule has 1 aromatic rings. The molecule has 104 valence electrons. The number of halogens is 1. The molecular weight excluding hydrogens is 292 g/mol. The van der Waals surface area contributed by atoms with Crippen molar-refractivity contribution in [3.8, 4) is 0 Å². The molecule has 0 amide bonds. The molecule has 1 heterocycles. The standard InChI is InChI=1S/C11H13ClN2O4S/c12-10-4-2-1-3-9(10)7-13-5-6-14(8-11(15)16)19(13,17)18/h1-4H,5-8H2,(H,15,16). The highest BCUT2D eigenvalue weighted by Gasteiger charge is 2.37. The molecule has 1 aromatic carbocycles. The largest absolute Gasteiger partial charge is 0.480 e. The van der Waals surface area contributed by atoms with Gasteiger partial charge in [0.15, 0.2) is 0 Å². The van der Waals surface area contributed by atoms with Gasteiger partial charge in [-0.1, -0.05) is 29.8 Å². The van der Waals surface area contributed by atoms with Gasteiger partial charge in [0.1, 0.15) is 6.54 Å². The van der Waals surface area contributed by atoms with Crippen molar-refractivity contribution in [2.24, 2.45) is 0 Å². The Hall–Kier alpha value is -1.15. The number of hydrogen-bond donors (Lipinski definition) is 1. The summed E-state index contributed by atoms with van der Waals surface area (Å²) in [6.07, 6.45) is 0. The quantitative estimate of drug-likeness (QED) is 0.892. The number of carboxylic acid groups (broad SMARTS) is 1. The monoisotopic (exact) mass is 304 g/mol. The zero-order valence-electron chi connectivity index (χ0n) is 9.99. The van der Waals surface area contributed by atoms with Gasteiger partial charge in [-0.05, 0) is 11.6 Å². The third-order valence-electron chi connectivity index (χ3n) is 2.87. The van der Waals surface area contributed by atoms with Crippen molar-refractivity contribution >= 4 is 27.8 Å². The number of nitrogens with zero attached hydrogens (tertiary/aromatic N) is 2. The van der Waals surface area contributed by atoms with Crippen molar-refractivity contribution < 1.29 is 18.3 Å². The Morgan fingerprint density at radius 3 is 2.53 bits per heavy atom. The van der Waals surface area contributed by atoms with Crippen molar-refractivity contribution in [3.05, 3.63) is 34.9 Å². The first-order chi connectivity index (χ1) is 8.91. The molecule has 1 aliphatic rings. The van der Waals surface area contributed by atoms with Crippen molar-refractivity contribution in [1.29, 1.82) is 0 Å². The van der Waals surface area contributed by atoms with Crippen LogP contribution in [0.2, 0.25) is 5.02 Å². The van der Waals surface area contributed by atoms with Crippen LogP contribution in [-0.2, 0) is 21.5 Å². The summed E-state index contributed by atoms with van der Waals surface area (Å²) in [6, 6.07) is 6.98. The molecule has 8 heteroatoms. The van der Waals surface area contributed by atoms with E-state index in [1.165, 1.54) is 4.31 Å². The minimum atomic E-state index is -3.71. The smallest absolute Gasteiger partial charge is 0.318 e. The third kappa shape index (κ3) is 3.06. The SMILES string of the molecule is O=C(O)CN1CCN(Cc2ccccc2Cl)S1(=O)=O. The minimum Gasteiger partial charge on any atom is -0.480 e. The normalized spacial score (nSPS) is 19.6. The van der Waals surface area contributed by atoms with E-state index in [0.29, 0.717) is 10.6 Å². The molecule has 1 saturated heterocycles. The van der Waals surface area contributed by atoms with Gasteiger partial charge in [0, 0.05) is 24.7 Å². The lowest BCUT2D eigenvalue weighted by Gasteiger charge is -2.17. The maximum atomic E-state index is 12.1. The molecule has 6 nitrogen and oxygen atoms in total. The van der Waals surface area contributed by atoms with Gasteiger partial charge in [0.05, 0.1) is 0 Å². The molecule has 2 rings (SSSR count). The van der Waals surface area contributed by atoms with E-state index >= 15 is 0 Å². The lowest BCUT2D eigenvalue weighted by molar-refractivity contribution is -0.137. The highest BCUT2D eigenvalue weighted by atomic mass is 35.5. The van der Waals surface area contributed by atoms with Gasteiger partial charge in [-0.2, -0.15) is 17.0 Å². The summed E-state index contributed by atoms with van der Waals surface area (Å²) in [6.45, 7) is 0.0827. The molecule has 1 N–H and O–H groups in total. The molecule has 1 fully saturated rings. The second-order valence-electron chi connectivity index (χ2n) is 4.16. The number of rotatable bonds is 4. The highest BCUT2D eigenvalue weighted by molar-refractivity contribution is 7.87. The topological polar surface area (TPSA) is 77.9 Å². The lowest BCUT2D eigenvalue weighted by atomic mass is 10.2. The van der Waals surface area contributed by atoms with Crippen LogP contribution in [0.4, 0.5) is 0 Å². The van der Waals surface area contributed by atoms with Crippen LogP contribution in [0.15, 0.2) is 24.3 Å². The molecule has 0 aromatic heterocycles. The number of carbonyl (C=O) groups is 1. The van der Waals surface area contributed by atoms with Gasteiger partial charge in [-0.15, -0.1) is 0 Å². The fraction of sp³-hybridized carbons (Fsp3) is 0.364. The first kappa shape index (κ1) is 14.3. The number of benzene rings is 1. The van der Waals surface area contributed by atoms with E-state index in [2.05, 4.69) is 0 Å².